The number of hydrogen-bond donors (Lipinski definition) is 2. The first-order chi connectivity index (χ1) is 9.58. The van der Waals surface area contributed by atoms with Gasteiger partial charge in [-0.25, -0.2) is 4.39 Å². The van der Waals surface area contributed by atoms with Gasteiger partial charge in [0.2, 0.25) is 0 Å². The highest BCUT2D eigenvalue weighted by molar-refractivity contribution is 5.56. The van der Waals surface area contributed by atoms with Crippen molar-refractivity contribution < 1.29 is 4.39 Å². The average molecular weight is 279 g/mol. The van der Waals surface area contributed by atoms with Gasteiger partial charge in [0.05, 0.1) is 5.69 Å². The van der Waals surface area contributed by atoms with Crippen LogP contribution in [-0.4, -0.2) is 32.2 Å². The number of benzene rings is 1. The highest BCUT2D eigenvalue weighted by Gasteiger charge is 2.14. The summed E-state index contributed by atoms with van der Waals surface area (Å²) in [7, 11) is 1.92. The van der Waals surface area contributed by atoms with Gasteiger partial charge >= 0.3 is 0 Å². The molecule has 2 rings (SSSR count). The topological polar surface area (TPSA) is 27.3 Å². The molecular formula is C16H26FN3. The lowest BCUT2D eigenvalue weighted by Crippen LogP contribution is -2.26. The second kappa shape index (κ2) is 6.93. The lowest BCUT2D eigenvalue weighted by atomic mass is 10.1. The smallest absolute Gasteiger partial charge is 0.148 e. The molecule has 112 valence electrons. The van der Waals surface area contributed by atoms with E-state index in [-0.39, 0.29) is 11.9 Å². The number of rotatable bonds is 4. The second-order valence-corrected chi connectivity index (χ2v) is 5.89. The molecule has 3 nitrogen and oxygen atoms in total. The molecule has 0 radical (unpaired) electrons. The molecule has 2 N–H and O–H groups in total. The third-order valence-corrected chi connectivity index (χ3v) is 4.05. The van der Waals surface area contributed by atoms with Gasteiger partial charge in [0, 0.05) is 24.8 Å². The van der Waals surface area contributed by atoms with Gasteiger partial charge < -0.3 is 15.5 Å². The molecule has 0 saturated carbocycles. The fourth-order valence-corrected chi connectivity index (χ4v) is 2.56. The third-order valence-electron chi connectivity index (χ3n) is 4.05. The summed E-state index contributed by atoms with van der Waals surface area (Å²) in [5, 5.41) is 6.85. The van der Waals surface area contributed by atoms with Crippen LogP contribution in [0, 0.1) is 5.82 Å². The zero-order chi connectivity index (χ0) is 14.5. The third kappa shape index (κ3) is 3.85. The molecule has 1 aliphatic rings. The Morgan fingerprint density at radius 1 is 1.30 bits per heavy atom. The predicted octanol–water partition coefficient (Wildman–Crippen LogP) is 3.22. The van der Waals surface area contributed by atoms with Gasteiger partial charge in [0.15, 0.2) is 0 Å². The summed E-state index contributed by atoms with van der Waals surface area (Å²) in [6.07, 6.45) is 3.41. The molecule has 1 aromatic carbocycles. The maximum Gasteiger partial charge on any atom is 0.148 e. The number of nitrogens with zero attached hydrogens (tertiary/aromatic N) is 1. The van der Waals surface area contributed by atoms with E-state index in [1.54, 1.807) is 6.07 Å². The second-order valence-electron chi connectivity index (χ2n) is 5.89. The Morgan fingerprint density at radius 3 is 2.80 bits per heavy atom. The van der Waals surface area contributed by atoms with Crippen LogP contribution in [0.15, 0.2) is 18.2 Å². The maximum atomic E-state index is 14.2. The highest BCUT2D eigenvalue weighted by Crippen LogP contribution is 2.24. The number of anilines is 2. The predicted molar refractivity (Wildman–Crippen MR) is 84.1 cm³/mol. The minimum atomic E-state index is -0.155. The van der Waals surface area contributed by atoms with Crippen molar-refractivity contribution in [2.24, 2.45) is 0 Å². The van der Waals surface area contributed by atoms with Crippen LogP contribution in [0.3, 0.4) is 0 Å². The minimum absolute atomic E-state index is 0.155. The van der Waals surface area contributed by atoms with E-state index >= 15 is 0 Å². The van der Waals surface area contributed by atoms with Gasteiger partial charge in [-0.15, -0.1) is 0 Å². The Labute approximate surface area is 121 Å². The van der Waals surface area contributed by atoms with Crippen molar-refractivity contribution in [3.8, 4) is 0 Å². The summed E-state index contributed by atoms with van der Waals surface area (Å²) >= 11 is 0. The lowest BCUT2D eigenvalue weighted by molar-refractivity contribution is 0.610. The normalized spacial score (nSPS) is 19.8. The van der Waals surface area contributed by atoms with E-state index in [0.29, 0.717) is 11.7 Å². The SMILES string of the molecule is CC(C)N(C)c1ccc(NC2CCCNCC2)cc1F. The van der Waals surface area contributed by atoms with Gasteiger partial charge in [0.25, 0.3) is 0 Å². The number of halogens is 1. The lowest BCUT2D eigenvalue weighted by Gasteiger charge is -2.25. The zero-order valence-electron chi connectivity index (χ0n) is 12.7. The molecule has 1 fully saturated rings. The summed E-state index contributed by atoms with van der Waals surface area (Å²) in [6.45, 7) is 6.24. The van der Waals surface area contributed by atoms with Crippen LogP contribution in [0.4, 0.5) is 15.8 Å². The van der Waals surface area contributed by atoms with Crippen molar-refractivity contribution in [2.75, 3.05) is 30.4 Å². The number of hydrogen-bond acceptors (Lipinski definition) is 3. The Kier molecular flexibility index (Phi) is 5.24. The molecule has 1 aromatic rings. The van der Waals surface area contributed by atoms with Crippen LogP contribution < -0.4 is 15.5 Å². The molecule has 1 unspecified atom stereocenters. The van der Waals surface area contributed by atoms with Crippen LogP contribution in [-0.2, 0) is 0 Å². The Hall–Kier alpha value is -1.29. The van der Waals surface area contributed by atoms with E-state index in [1.807, 2.05) is 24.1 Å². The van der Waals surface area contributed by atoms with Crippen LogP contribution in [0.2, 0.25) is 0 Å². The van der Waals surface area contributed by atoms with Crippen LogP contribution in [0.1, 0.15) is 33.1 Å². The molecule has 0 spiro atoms. The van der Waals surface area contributed by atoms with Gasteiger partial charge in [-0.1, -0.05) is 0 Å². The fraction of sp³-hybridized carbons (Fsp3) is 0.625. The van der Waals surface area contributed by atoms with Gasteiger partial charge in [-0.2, -0.15) is 0 Å². The molecule has 1 atom stereocenters. The van der Waals surface area contributed by atoms with E-state index in [9.17, 15) is 4.39 Å². The standard InChI is InChI=1S/C16H26FN3/c1-12(2)20(3)16-7-6-14(11-15(16)17)19-13-5-4-9-18-10-8-13/h6-7,11-13,18-19H,4-5,8-10H2,1-3H3. The Bertz CT molecular complexity index is 426. The molecule has 1 heterocycles. The first kappa shape index (κ1) is 15.1. The van der Waals surface area contributed by atoms with Gasteiger partial charge in [0.1, 0.15) is 5.82 Å². The first-order valence-corrected chi connectivity index (χ1v) is 7.57. The summed E-state index contributed by atoms with van der Waals surface area (Å²) in [4.78, 5) is 1.95. The quantitative estimate of drug-likeness (QED) is 0.886. The van der Waals surface area contributed by atoms with Crippen molar-refractivity contribution in [1.82, 2.24) is 5.32 Å². The van der Waals surface area contributed by atoms with Crippen LogP contribution in [0.5, 0.6) is 0 Å². The molecule has 4 heteroatoms. The van der Waals surface area contributed by atoms with Crippen molar-refractivity contribution in [3.05, 3.63) is 24.0 Å². The summed E-state index contributed by atoms with van der Waals surface area (Å²) in [6, 6.07) is 6.20. The zero-order valence-corrected chi connectivity index (χ0v) is 12.7. The van der Waals surface area contributed by atoms with Crippen LogP contribution in [0.25, 0.3) is 0 Å². The van der Waals surface area contributed by atoms with E-state index in [1.165, 1.54) is 6.42 Å². The van der Waals surface area contributed by atoms with E-state index in [2.05, 4.69) is 24.5 Å². The van der Waals surface area contributed by atoms with Crippen molar-refractivity contribution in [2.45, 2.75) is 45.2 Å². The summed E-state index contributed by atoms with van der Waals surface area (Å²) in [5.41, 5.74) is 1.54. The molecule has 1 saturated heterocycles. The van der Waals surface area contributed by atoms with E-state index in [4.69, 9.17) is 0 Å². The average Bonchev–Trinajstić information content (AvgIpc) is 2.67. The van der Waals surface area contributed by atoms with Crippen molar-refractivity contribution in [3.63, 3.8) is 0 Å². The first-order valence-electron chi connectivity index (χ1n) is 7.57. The molecular weight excluding hydrogens is 253 g/mol. The van der Waals surface area contributed by atoms with Gasteiger partial charge in [-0.05, 0) is 64.4 Å². The number of nitrogens with one attached hydrogen (secondary N) is 2. The van der Waals surface area contributed by atoms with E-state index in [0.717, 1.165) is 31.6 Å². The maximum absolute atomic E-state index is 14.2. The Balaban J connectivity index is 2.04. The van der Waals surface area contributed by atoms with Crippen LogP contribution >= 0.6 is 0 Å². The summed E-state index contributed by atoms with van der Waals surface area (Å²) < 4.78 is 14.2. The minimum Gasteiger partial charge on any atom is -0.382 e. The molecule has 1 aliphatic heterocycles. The monoisotopic (exact) mass is 279 g/mol. The van der Waals surface area contributed by atoms with Crippen molar-refractivity contribution in [1.29, 1.82) is 0 Å². The largest absolute Gasteiger partial charge is 0.382 e. The molecule has 0 bridgehead atoms. The molecule has 0 amide bonds. The molecule has 0 aliphatic carbocycles. The van der Waals surface area contributed by atoms with E-state index < -0.39 is 0 Å². The fourth-order valence-electron chi connectivity index (χ4n) is 2.56. The van der Waals surface area contributed by atoms with Crippen molar-refractivity contribution >= 4 is 11.4 Å². The molecule has 0 aromatic heterocycles. The highest BCUT2D eigenvalue weighted by atomic mass is 19.1. The molecule has 20 heavy (non-hydrogen) atoms. The summed E-state index contributed by atoms with van der Waals surface area (Å²) in [5.74, 6) is -0.155. The van der Waals surface area contributed by atoms with Gasteiger partial charge in [-0.3, -0.25) is 0 Å². The Morgan fingerprint density at radius 2 is 2.10 bits per heavy atom.